The number of furan rings is 1. The summed E-state index contributed by atoms with van der Waals surface area (Å²) in [5.41, 5.74) is -0.890. The maximum absolute atomic E-state index is 10.1. The van der Waals surface area contributed by atoms with Gasteiger partial charge in [-0.25, -0.2) is 0 Å². The molecule has 1 atom stereocenters. The van der Waals surface area contributed by atoms with E-state index in [0.717, 1.165) is 0 Å². The topological polar surface area (TPSA) is 45.4 Å². The van der Waals surface area contributed by atoms with Crippen LogP contribution in [0, 0.1) is 0 Å². The molecule has 1 unspecified atom stereocenters. The van der Waals surface area contributed by atoms with Gasteiger partial charge in [-0.2, -0.15) is 0 Å². The molecule has 1 aliphatic rings. The van der Waals surface area contributed by atoms with Gasteiger partial charge in [0.2, 0.25) is 0 Å². The number of rotatable bonds is 4. The minimum Gasteiger partial charge on any atom is -0.466 e. The van der Waals surface area contributed by atoms with Crippen molar-refractivity contribution in [1.29, 1.82) is 0 Å². The Morgan fingerprint density at radius 1 is 1.64 bits per heavy atom. The molecule has 1 aromatic heterocycles. The molecular weight excluding hydrogens is 178 g/mol. The van der Waals surface area contributed by atoms with Gasteiger partial charge in [-0.15, -0.1) is 0 Å². The highest BCUT2D eigenvalue weighted by atomic mass is 16.4. The molecule has 0 aromatic carbocycles. The van der Waals surface area contributed by atoms with Crippen LogP contribution < -0.4 is 5.32 Å². The first-order valence-electron chi connectivity index (χ1n) is 5.18. The van der Waals surface area contributed by atoms with Crippen LogP contribution >= 0.6 is 0 Å². The molecule has 14 heavy (non-hydrogen) atoms. The molecule has 3 nitrogen and oxygen atoms in total. The van der Waals surface area contributed by atoms with Crippen molar-refractivity contribution in [3.8, 4) is 0 Å². The second kappa shape index (κ2) is 3.75. The van der Waals surface area contributed by atoms with Crippen molar-refractivity contribution in [2.75, 3.05) is 6.54 Å². The van der Waals surface area contributed by atoms with E-state index in [0.29, 0.717) is 18.3 Å². The fraction of sp³-hybridized carbons (Fsp3) is 0.636. The van der Waals surface area contributed by atoms with Crippen LogP contribution in [0.15, 0.2) is 22.8 Å². The summed E-state index contributed by atoms with van der Waals surface area (Å²) >= 11 is 0. The van der Waals surface area contributed by atoms with Crippen molar-refractivity contribution in [3.63, 3.8) is 0 Å². The van der Waals surface area contributed by atoms with Crippen molar-refractivity contribution < 1.29 is 9.52 Å². The molecule has 0 aliphatic heterocycles. The van der Waals surface area contributed by atoms with Gasteiger partial charge in [0.25, 0.3) is 0 Å². The second-order valence-electron chi connectivity index (χ2n) is 4.26. The first-order valence-corrected chi connectivity index (χ1v) is 5.18. The molecule has 0 saturated heterocycles. The van der Waals surface area contributed by atoms with Crippen molar-refractivity contribution in [1.82, 2.24) is 5.32 Å². The Morgan fingerprint density at radius 2 is 2.43 bits per heavy atom. The minimum absolute atomic E-state index is 0.561. The van der Waals surface area contributed by atoms with Crippen LogP contribution in [0.25, 0.3) is 0 Å². The molecule has 1 heterocycles. The highest BCUT2D eigenvalue weighted by Gasteiger charge is 2.28. The molecule has 0 bridgehead atoms. The summed E-state index contributed by atoms with van der Waals surface area (Å²) in [5, 5.41) is 13.4. The lowest BCUT2D eigenvalue weighted by atomic mass is 9.92. The molecule has 1 aliphatic carbocycles. The maximum atomic E-state index is 10.1. The summed E-state index contributed by atoms with van der Waals surface area (Å²) in [6, 6.07) is 4.20. The van der Waals surface area contributed by atoms with Gasteiger partial charge < -0.3 is 14.8 Å². The Morgan fingerprint density at radius 3 is 2.93 bits per heavy atom. The average molecular weight is 195 g/mol. The third-order valence-corrected chi connectivity index (χ3v) is 2.89. The standard InChI is InChI=1S/C11H17NO2/c1-11(13,10-6-3-7-14-10)8-12-9-4-2-5-9/h3,6-7,9,12-13H,2,4-5,8H2,1H3. The number of hydrogen-bond donors (Lipinski definition) is 2. The van der Waals surface area contributed by atoms with Gasteiger partial charge in [0.05, 0.1) is 6.26 Å². The lowest BCUT2D eigenvalue weighted by Gasteiger charge is -2.30. The molecule has 0 spiro atoms. The van der Waals surface area contributed by atoms with Crippen LogP contribution in [0.5, 0.6) is 0 Å². The van der Waals surface area contributed by atoms with Crippen LogP contribution in [-0.4, -0.2) is 17.7 Å². The quantitative estimate of drug-likeness (QED) is 0.767. The van der Waals surface area contributed by atoms with E-state index in [9.17, 15) is 5.11 Å². The van der Waals surface area contributed by atoms with E-state index in [4.69, 9.17) is 4.42 Å². The van der Waals surface area contributed by atoms with Gasteiger partial charge in [0.1, 0.15) is 11.4 Å². The third-order valence-electron chi connectivity index (χ3n) is 2.89. The fourth-order valence-corrected chi connectivity index (χ4v) is 1.63. The molecule has 1 aromatic rings. The van der Waals surface area contributed by atoms with Gasteiger partial charge in [-0.3, -0.25) is 0 Å². The number of nitrogens with one attached hydrogen (secondary N) is 1. The second-order valence-corrected chi connectivity index (χ2v) is 4.26. The van der Waals surface area contributed by atoms with E-state index in [1.54, 1.807) is 19.3 Å². The Bertz CT molecular complexity index is 275. The molecule has 78 valence electrons. The molecule has 0 amide bonds. The lowest BCUT2D eigenvalue weighted by Crippen LogP contribution is -2.43. The maximum Gasteiger partial charge on any atom is 0.136 e. The highest BCUT2D eigenvalue weighted by molar-refractivity contribution is 5.08. The van der Waals surface area contributed by atoms with E-state index in [-0.39, 0.29) is 0 Å². The van der Waals surface area contributed by atoms with Crippen LogP contribution in [0.3, 0.4) is 0 Å². The molecule has 3 heteroatoms. The van der Waals surface area contributed by atoms with Crippen molar-refractivity contribution in [2.45, 2.75) is 37.8 Å². The summed E-state index contributed by atoms with van der Waals surface area (Å²) in [4.78, 5) is 0. The van der Waals surface area contributed by atoms with E-state index in [1.807, 2.05) is 6.07 Å². The Hall–Kier alpha value is -0.800. The van der Waals surface area contributed by atoms with Gasteiger partial charge in [-0.1, -0.05) is 6.42 Å². The first-order chi connectivity index (χ1) is 6.68. The van der Waals surface area contributed by atoms with E-state index in [1.165, 1.54) is 19.3 Å². The van der Waals surface area contributed by atoms with E-state index >= 15 is 0 Å². The molecule has 0 radical (unpaired) electrons. The van der Waals surface area contributed by atoms with Crippen LogP contribution in [-0.2, 0) is 5.60 Å². The Balaban J connectivity index is 1.88. The average Bonchev–Trinajstić information content (AvgIpc) is 2.52. The zero-order valence-electron chi connectivity index (χ0n) is 8.49. The molecular formula is C11H17NO2. The Kier molecular flexibility index (Phi) is 2.61. The third kappa shape index (κ3) is 1.99. The minimum atomic E-state index is -0.890. The van der Waals surface area contributed by atoms with Gasteiger partial charge >= 0.3 is 0 Å². The predicted molar refractivity (Wildman–Crippen MR) is 53.9 cm³/mol. The summed E-state index contributed by atoms with van der Waals surface area (Å²) in [7, 11) is 0. The van der Waals surface area contributed by atoms with Gasteiger partial charge in [-0.05, 0) is 31.9 Å². The zero-order valence-corrected chi connectivity index (χ0v) is 8.49. The zero-order chi connectivity index (χ0) is 10.0. The fourth-order valence-electron chi connectivity index (χ4n) is 1.63. The van der Waals surface area contributed by atoms with Crippen molar-refractivity contribution in [3.05, 3.63) is 24.2 Å². The van der Waals surface area contributed by atoms with Crippen LogP contribution in [0.4, 0.5) is 0 Å². The molecule has 2 rings (SSSR count). The van der Waals surface area contributed by atoms with Crippen molar-refractivity contribution in [2.24, 2.45) is 0 Å². The smallest absolute Gasteiger partial charge is 0.136 e. The largest absolute Gasteiger partial charge is 0.466 e. The van der Waals surface area contributed by atoms with Crippen molar-refractivity contribution >= 4 is 0 Å². The van der Waals surface area contributed by atoms with Crippen LogP contribution in [0.2, 0.25) is 0 Å². The normalized spacial score (nSPS) is 21.6. The number of hydrogen-bond acceptors (Lipinski definition) is 3. The Labute approximate surface area is 84.1 Å². The molecule has 1 saturated carbocycles. The van der Waals surface area contributed by atoms with E-state index in [2.05, 4.69) is 5.32 Å². The summed E-state index contributed by atoms with van der Waals surface area (Å²) in [5.74, 6) is 0.629. The van der Waals surface area contributed by atoms with Gasteiger partial charge in [0.15, 0.2) is 0 Å². The first kappa shape index (κ1) is 9.74. The van der Waals surface area contributed by atoms with E-state index < -0.39 is 5.60 Å². The molecule has 1 fully saturated rings. The summed E-state index contributed by atoms with van der Waals surface area (Å²) in [6.07, 6.45) is 5.36. The lowest BCUT2D eigenvalue weighted by molar-refractivity contribution is 0.0287. The summed E-state index contributed by atoms with van der Waals surface area (Å²) in [6.45, 7) is 2.34. The summed E-state index contributed by atoms with van der Waals surface area (Å²) < 4.78 is 5.19. The van der Waals surface area contributed by atoms with Gasteiger partial charge in [0, 0.05) is 12.6 Å². The monoisotopic (exact) mass is 195 g/mol. The van der Waals surface area contributed by atoms with Crippen LogP contribution in [0.1, 0.15) is 31.9 Å². The SMILES string of the molecule is CC(O)(CNC1CCC1)c1ccco1. The highest BCUT2D eigenvalue weighted by Crippen LogP contribution is 2.23. The molecule has 2 N–H and O–H groups in total. The predicted octanol–water partition coefficient (Wildman–Crippen LogP) is 1.63. The number of aliphatic hydroxyl groups is 1.